The number of halogens is 3. The summed E-state index contributed by atoms with van der Waals surface area (Å²) in [7, 11) is 0. The second-order valence-corrected chi connectivity index (χ2v) is 7.27. The lowest BCUT2D eigenvalue weighted by Gasteiger charge is -2.22. The van der Waals surface area contributed by atoms with E-state index < -0.39 is 11.7 Å². The Labute approximate surface area is 177 Å². The predicted octanol–water partition coefficient (Wildman–Crippen LogP) is 3.87. The van der Waals surface area contributed by atoms with E-state index in [1.54, 1.807) is 0 Å². The van der Waals surface area contributed by atoms with E-state index in [0.29, 0.717) is 35.9 Å². The van der Waals surface area contributed by atoms with E-state index >= 15 is 0 Å². The number of nitrogens with zero attached hydrogens (tertiary/aromatic N) is 4. The Hall–Kier alpha value is -2.98. The zero-order valence-corrected chi connectivity index (χ0v) is 16.8. The summed E-state index contributed by atoms with van der Waals surface area (Å²) >= 11 is 0. The van der Waals surface area contributed by atoms with Gasteiger partial charge in [-0.15, -0.1) is 10.2 Å². The molecule has 31 heavy (non-hydrogen) atoms. The molecule has 1 saturated heterocycles. The van der Waals surface area contributed by atoms with Crippen molar-refractivity contribution in [1.29, 1.82) is 0 Å². The lowest BCUT2D eigenvalue weighted by molar-refractivity contribution is -0.137. The van der Waals surface area contributed by atoms with Gasteiger partial charge in [-0.05, 0) is 67.5 Å². The first-order chi connectivity index (χ1) is 15.0. The number of nitrogens with one attached hydrogen (secondary N) is 2. The number of ether oxygens (including phenoxy) is 1. The van der Waals surface area contributed by atoms with Crippen LogP contribution in [0.3, 0.4) is 0 Å². The number of tetrazole rings is 1. The average Bonchev–Trinajstić information content (AvgIpc) is 3.23. The zero-order chi connectivity index (χ0) is 21.7. The van der Waals surface area contributed by atoms with Gasteiger partial charge in [-0.25, -0.2) is 0 Å². The van der Waals surface area contributed by atoms with Crippen LogP contribution in [0.5, 0.6) is 0 Å². The van der Waals surface area contributed by atoms with Crippen molar-refractivity contribution < 1.29 is 17.9 Å². The number of hydrogen-bond donors (Lipinski definition) is 2. The molecule has 0 saturated carbocycles. The van der Waals surface area contributed by atoms with Gasteiger partial charge in [0.05, 0.1) is 24.8 Å². The van der Waals surface area contributed by atoms with Gasteiger partial charge in [0.25, 0.3) is 0 Å². The Balaban J connectivity index is 1.41. The molecule has 2 aromatic carbocycles. The van der Waals surface area contributed by atoms with Crippen LogP contribution in [-0.4, -0.2) is 46.0 Å². The molecule has 0 spiro atoms. The van der Waals surface area contributed by atoms with E-state index in [-0.39, 0.29) is 6.10 Å². The van der Waals surface area contributed by atoms with Crippen LogP contribution >= 0.6 is 0 Å². The molecule has 0 radical (unpaired) electrons. The third-order valence-electron chi connectivity index (χ3n) is 5.04. The summed E-state index contributed by atoms with van der Waals surface area (Å²) < 4.78 is 44.2. The summed E-state index contributed by atoms with van der Waals surface area (Å²) in [5.74, 6) is 0.428. The van der Waals surface area contributed by atoms with Crippen LogP contribution in [-0.2, 0) is 17.5 Å². The molecule has 7 nitrogen and oxygen atoms in total. The molecule has 2 N–H and O–H groups in total. The maximum Gasteiger partial charge on any atom is 0.416 e. The molecule has 164 valence electrons. The monoisotopic (exact) mass is 432 g/mol. The van der Waals surface area contributed by atoms with Crippen LogP contribution in [0.4, 0.5) is 24.5 Å². The average molecular weight is 432 g/mol. The molecule has 1 aliphatic heterocycles. The maximum absolute atomic E-state index is 12.8. The number of para-hydroxylation sites is 1. The van der Waals surface area contributed by atoms with E-state index in [0.717, 1.165) is 38.1 Å². The SMILES string of the molecule is FC(F)(F)c1ccc(Nc2ccccc2-c2nnn(CCOC3CCNCC3)n2)cc1. The second-order valence-electron chi connectivity index (χ2n) is 7.27. The minimum absolute atomic E-state index is 0.262. The quantitative estimate of drug-likeness (QED) is 0.590. The van der Waals surface area contributed by atoms with E-state index in [1.807, 2.05) is 24.3 Å². The van der Waals surface area contributed by atoms with Crippen LogP contribution in [0.15, 0.2) is 48.5 Å². The van der Waals surface area contributed by atoms with Gasteiger partial charge in [0.1, 0.15) is 0 Å². The lowest BCUT2D eigenvalue weighted by atomic mass is 10.1. The van der Waals surface area contributed by atoms with Crippen molar-refractivity contribution >= 4 is 11.4 Å². The van der Waals surface area contributed by atoms with Gasteiger partial charge < -0.3 is 15.4 Å². The molecule has 0 unspecified atom stereocenters. The number of aromatic nitrogens is 4. The van der Waals surface area contributed by atoms with Crippen molar-refractivity contribution in [2.24, 2.45) is 0 Å². The Kier molecular flexibility index (Phi) is 6.47. The van der Waals surface area contributed by atoms with Crippen molar-refractivity contribution in [2.45, 2.75) is 31.7 Å². The van der Waals surface area contributed by atoms with Crippen LogP contribution in [0, 0.1) is 0 Å². The molecule has 0 amide bonds. The van der Waals surface area contributed by atoms with Crippen LogP contribution in [0.25, 0.3) is 11.4 Å². The Morgan fingerprint density at radius 1 is 1.06 bits per heavy atom. The van der Waals surface area contributed by atoms with Gasteiger partial charge in [0.2, 0.25) is 5.82 Å². The molecule has 0 bridgehead atoms. The minimum Gasteiger partial charge on any atom is -0.376 e. The molecule has 0 aliphatic carbocycles. The first-order valence-electron chi connectivity index (χ1n) is 10.1. The highest BCUT2D eigenvalue weighted by Gasteiger charge is 2.30. The fraction of sp³-hybridized carbons (Fsp3) is 0.381. The fourth-order valence-corrected chi connectivity index (χ4v) is 3.39. The Morgan fingerprint density at radius 2 is 1.81 bits per heavy atom. The van der Waals surface area contributed by atoms with E-state index in [2.05, 4.69) is 26.0 Å². The molecule has 3 aromatic rings. The minimum atomic E-state index is -4.36. The van der Waals surface area contributed by atoms with Gasteiger partial charge >= 0.3 is 6.18 Å². The molecule has 4 rings (SSSR count). The van der Waals surface area contributed by atoms with E-state index in [4.69, 9.17) is 4.74 Å². The van der Waals surface area contributed by atoms with Crippen molar-refractivity contribution in [1.82, 2.24) is 25.5 Å². The van der Waals surface area contributed by atoms with Crippen molar-refractivity contribution in [3.8, 4) is 11.4 Å². The van der Waals surface area contributed by atoms with Crippen molar-refractivity contribution in [3.05, 3.63) is 54.1 Å². The smallest absolute Gasteiger partial charge is 0.376 e. The third-order valence-corrected chi connectivity index (χ3v) is 5.04. The highest BCUT2D eigenvalue weighted by Crippen LogP contribution is 2.32. The number of rotatable bonds is 7. The summed E-state index contributed by atoms with van der Waals surface area (Å²) in [4.78, 5) is 1.49. The largest absolute Gasteiger partial charge is 0.416 e. The number of alkyl halides is 3. The van der Waals surface area contributed by atoms with Crippen molar-refractivity contribution in [2.75, 3.05) is 25.0 Å². The maximum atomic E-state index is 12.8. The second kappa shape index (κ2) is 9.44. The Morgan fingerprint density at radius 3 is 2.55 bits per heavy atom. The zero-order valence-electron chi connectivity index (χ0n) is 16.8. The molecule has 10 heteroatoms. The molecule has 1 aliphatic rings. The van der Waals surface area contributed by atoms with E-state index in [1.165, 1.54) is 16.9 Å². The van der Waals surface area contributed by atoms with Gasteiger partial charge in [-0.2, -0.15) is 18.0 Å². The van der Waals surface area contributed by atoms with Gasteiger partial charge in [-0.3, -0.25) is 0 Å². The first kappa shape index (κ1) is 21.3. The molecular formula is C21H23F3N6O. The Bertz CT molecular complexity index is 983. The number of benzene rings is 2. The van der Waals surface area contributed by atoms with Gasteiger partial charge in [-0.1, -0.05) is 12.1 Å². The number of piperidine rings is 1. The van der Waals surface area contributed by atoms with Crippen LogP contribution < -0.4 is 10.6 Å². The fourth-order valence-electron chi connectivity index (χ4n) is 3.39. The predicted molar refractivity (Wildman–Crippen MR) is 110 cm³/mol. The molecular weight excluding hydrogens is 409 g/mol. The summed E-state index contributed by atoms with van der Waals surface area (Å²) in [6.07, 6.45) is -2.10. The normalized spacial score (nSPS) is 15.2. The summed E-state index contributed by atoms with van der Waals surface area (Å²) in [6.45, 7) is 2.94. The summed E-state index contributed by atoms with van der Waals surface area (Å²) in [5.41, 5.74) is 1.21. The molecule has 0 atom stereocenters. The lowest BCUT2D eigenvalue weighted by Crippen LogP contribution is -2.33. The number of anilines is 2. The number of hydrogen-bond acceptors (Lipinski definition) is 6. The molecule has 1 aromatic heterocycles. The third kappa shape index (κ3) is 5.59. The highest BCUT2D eigenvalue weighted by atomic mass is 19.4. The molecule has 2 heterocycles. The van der Waals surface area contributed by atoms with Crippen LogP contribution in [0.2, 0.25) is 0 Å². The first-order valence-corrected chi connectivity index (χ1v) is 10.1. The van der Waals surface area contributed by atoms with Crippen molar-refractivity contribution in [3.63, 3.8) is 0 Å². The standard InChI is InChI=1S/C21H23F3N6O/c22-21(23,24)15-5-7-16(8-6-15)26-19-4-2-1-3-18(19)20-27-29-30(28-20)13-14-31-17-9-11-25-12-10-17/h1-8,17,25-26H,9-14H2. The van der Waals surface area contributed by atoms with Gasteiger partial charge in [0, 0.05) is 16.9 Å². The van der Waals surface area contributed by atoms with Gasteiger partial charge in [0.15, 0.2) is 0 Å². The van der Waals surface area contributed by atoms with Crippen LogP contribution in [0.1, 0.15) is 18.4 Å². The van der Waals surface area contributed by atoms with E-state index in [9.17, 15) is 13.2 Å². The summed E-state index contributed by atoms with van der Waals surface area (Å²) in [5, 5.41) is 19.1. The molecule has 1 fully saturated rings. The highest BCUT2D eigenvalue weighted by molar-refractivity contribution is 5.77. The summed E-state index contributed by atoms with van der Waals surface area (Å²) in [6, 6.07) is 12.2. The topological polar surface area (TPSA) is 76.9 Å².